The molecule has 1 aromatic carbocycles. The van der Waals surface area contributed by atoms with E-state index in [9.17, 15) is 9.50 Å². The van der Waals surface area contributed by atoms with Crippen LogP contribution in [0.4, 0.5) is 4.39 Å². The van der Waals surface area contributed by atoms with Crippen molar-refractivity contribution in [3.63, 3.8) is 0 Å². The summed E-state index contributed by atoms with van der Waals surface area (Å²) in [7, 11) is 0. The smallest absolute Gasteiger partial charge is 0.123 e. The summed E-state index contributed by atoms with van der Waals surface area (Å²) in [5.41, 5.74) is 0.674. The van der Waals surface area contributed by atoms with Gasteiger partial charge in [0.05, 0.1) is 6.10 Å². The second-order valence-electron chi connectivity index (χ2n) is 6.50. The Morgan fingerprint density at radius 2 is 2.19 bits per heavy atom. The Kier molecular flexibility index (Phi) is 4.88. The Morgan fingerprint density at radius 3 is 2.95 bits per heavy atom. The first-order chi connectivity index (χ1) is 10.2. The molecule has 0 unspecified atom stereocenters. The van der Waals surface area contributed by atoms with Crippen molar-refractivity contribution < 1.29 is 9.50 Å². The minimum absolute atomic E-state index is 0.0494. The molecule has 1 aromatic rings. The van der Waals surface area contributed by atoms with Gasteiger partial charge in [-0.2, -0.15) is 0 Å². The third-order valence-corrected chi connectivity index (χ3v) is 4.86. The van der Waals surface area contributed by atoms with E-state index in [4.69, 9.17) is 0 Å². The van der Waals surface area contributed by atoms with Gasteiger partial charge >= 0.3 is 0 Å². The number of aliphatic hydroxyl groups excluding tert-OH is 1. The third kappa shape index (κ3) is 3.82. The molecule has 4 atom stereocenters. The molecule has 21 heavy (non-hydrogen) atoms. The van der Waals surface area contributed by atoms with Crippen molar-refractivity contribution in [3.8, 4) is 0 Å². The van der Waals surface area contributed by atoms with Gasteiger partial charge < -0.3 is 15.7 Å². The molecule has 3 rings (SSSR count). The summed E-state index contributed by atoms with van der Waals surface area (Å²) in [6.07, 6.45) is 5.21. The Labute approximate surface area is 125 Å². The van der Waals surface area contributed by atoms with Crippen LogP contribution in [0, 0.1) is 11.7 Å². The minimum Gasteiger partial charge on any atom is -0.387 e. The number of benzene rings is 1. The highest BCUT2D eigenvalue weighted by Crippen LogP contribution is 2.29. The van der Waals surface area contributed by atoms with Gasteiger partial charge in [0.25, 0.3) is 0 Å². The van der Waals surface area contributed by atoms with E-state index in [2.05, 4.69) is 10.6 Å². The van der Waals surface area contributed by atoms with Crippen molar-refractivity contribution >= 4 is 0 Å². The molecule has 0 saturated carbocycles. The maximum atomic E-state index is 13.3. The molecular weight excluding hydrogens is 267 g/mol. The molecule has 2 fully saturated rings. The summed E-state index contributed by atoms with van der Waals surface area (Å²) < 4.78 is 13.3. The summed E-state index contributed by atoms with van der Waals surface area (Å²) in [5.74, 6) is 0.468. The van der Waals surface area contributed by atoms with Crippen LogP contribution in [-0.4, -0.2) is 30.3 Å². The van der Waals surface area contributed by atoms with E-state index in [0.29, 0.717) is 11.6 Å². The van der Waals surface area contributed by atoms with Crippen LogP contribution < -0.4 is 10.6 Å². The van der Waals surface area contributed by atoms with Crippen LogP contribution in [0.15, 0.2) is 24.3 Å². The predicted octanol–water partition coefficient (Wildman–Crippen LogP) is 2.37. The molecule has 0 aliphatic carbocycles. The Bertz CT molecular complexity index is 462. The summed E-state index contributed by atoms with van der Waals surface area (Å²) in [4.78, 5) is 0. The molecule has 116 valence electrons. The van der Waals surface area contributed by atoms with Crippen LogP contribution in [0.25, 0.3) is 0 Å². The summed E-state index contributed by atoms with van der Waals surface area (Å²) >= 11 is 0. The van der Waals surface area contributed by atoms with Crippen LogP contribution in [0.2, 0.25) is 0 Å². The topological polar surface area (TPSA) is 44.3 Å². The molecule has 2 aliphatic heterocycles. The zero-order valence-electron chi connectivity index (χ0n) is 12.4. The summed E-state index contributed by atoms with van der Waals surface area (Å²) in [5, 5.41) is 17.4. The van der Waals surface area contributed by atoms with E-state index in [1.807, 2.05) is 0 Å². The molecule has 2 saturated heterocycles. The van der Waals surface area contributed by atoms with E-state index in [-0.39, 0.29) is 11.9 Å². The van der Waals surface area contributed by atoms with Crippen LogP contribution >= 0.6 is 0 Å². The standard InChI is InChI=1S/C17H25FN2O/c18-14-5-1-4-13(10-14)17(21)16-7-6-15(20-16)9-12-3-2-8-19-11-12/h1,4-5,10,12,15-17,19-21H,2-3,6-9,11H2/t12-,15-,16+,17+/m0/s1. The van der Waals surface area contributed by atoms with Gasteiger partial charge in [-0.15, -0.1) is 0 Å². The number of hydrogen-bond acceptors (Lipinski definition) is 3. The fraction of sp³-hybridized carbons (Fsp3) is 0.647. The predicted molar refractivity (Wildman–Crippen MR) is 81.5 cm³/mol. The van der Waals surface area contributed by atoms with Crippen molar-refractivity contribution in [1.82, 2.24) is 10.6 Å². The second kappa shape index (κ2) is 6.86. The number of aliphatic hydroxyl groups is 1. The van der Waals surface area contributed by atoms with E-state index < -0.39 is 6.10 Å². The van der Waals surface area contributed by atoms with Gasteiger partial charge in [0, 0.05) is 12.1 Å². The van der Waals surface area contributed by atoms with E-state index in [1.54, 1.807) is 12.1 Å². The number of hydrogen-bond donors (Lipinski definition) is 3. The highest BCUT2D eigenvalue weighted by Gasteiger charge is 2.31. The van der Waals surface area contributed by atoms with Crippen LogP contribution in [-0.2, 0) is 0 Å². The van der Waals surface area contributed by atoms with Crippen LogP contribution in [0.5, 0.6) is 0 Å². The zero-order valence-corrected chi connectivity index (χ0v) is 12.4. The lowest BCUT2D eigenvalue weighted by molar-refractivity contribution is 0.133. The Hall–Kier alpha value is -0.970. The first-order valence-corrected chi connectivity index (χ1v) is 8.12. The molecule has 3 N–H and O–H groups in total. The first kappa shape index (κ1) is 14.9. The molecule has 0 radical (unpaired) electrons. The van der Waals surface area contributed by atoms with Gasteiger partial charge in [-0.05, 0) is 68.8 Å². The summed E-state index contributed by atoms with van der Waals surface area (Å²) in [6.45, 7) is 2.27. The summed E-state index contributed by atoms with van der Waals surface area (Å²) in [6, 6.07) is 6.85. The van der Waals surface area contributed by atoms with E-state index in [0.717, 1.165) is 31.8 Å². The Balaban J connectivity index is 1.53. The van der Waals surface area contributed by atoms with Crippen molar-refractivity contribution in [2.24, 2.45) is 5.92 Å². The lowest BCUT2D eigenvalue weighted by Crippen LogP contribution is -2.38. The van der Waals surface area contributed by atoms with Crippen molar-refractivity contribution in [2.45, 2.75) is 50.3 Å². The van der Waals surface area contributed by atoms with E-state index >= 15 is 0 Å². The molecule has 0 aromatic heterocycles. The SMILES string of the molecule is O[C@H](c1cccc(F)c1)[C@H]1CC[C@@H](C[C@@H]2CCCNC2)N1. The molecule has 0 spiro atoms. The van der Waals surface area contributed by atoms with Crippen molar-refractivity contribution in [2.75, 3.05) is 13.1 Å². The molecular formula is C17H25FN2O. The monoisotopic (exact) mass is 292 g/mol. The largest absolute Gasteiger partial charge is 0.387 e. The molecule has 2 heterocycles. The lowest BCUT2D eigenvalue weighted by Gasteiger charge is -2.26. The van der Waals surface area contributed by atoms with Gasteiger partial charge in [-0.1, -0.05) is 12.1 Å². The average Bonchev–Trinajstić information content (AvgIpc) is 2.96. The normalized spacial score (nSPS) is 31.2. The molecule has 0 amide bonds. The Morgan fingerprint density at radius 1 is 1.29 bits per heavy atom. The van der Waals surface area contributed by atoms with Gasteiger partial charge in [0.15, 0.2) is 0 Å². The second-order valence-corrected chi connectivity index (χ2v) is 6.50. The van der Waals surface area contributed by atoms with Crippen molar-refractivity contribution in [1.29, 1.82) is 0 Å². The average molecular weight is 292 g/mol. The minimum atomic E-state index is -0.616. The number of halogens is 1. The lowest BCUT2D eigenvalue weighted by atomic mass is 9.92. The van der Waals surface area contributed by atoms with Gasteiger partial charge in [-0.25, -0.2) is 4.39 Å². The highest BCUT2D eigenvalue weighted by atomic mass is 19.1. The number of rotatable bonds is 4. The maximum Gasteiger partial charge on any atom is 0.123 e. The third-order valence-electron chi connectivity index (χ3n) is 4.86. The quantitative estimate of drug-likeness (QED) is 0.798. The van der Waals surface area contributed by atoms with E-state index in [1.165, 1.54) is 31.4 Å². The number of piperidine rings is 1. The fourth-order valence-corrected chi connectivity index (χ4v) is 3.74. The van der Waals surface area contributed by atoms with Gasteiger partial charge in [-0.3, -0.25) is 0 Å². The molecule has 4 heteroatoms. The number of nitrogens with one attached hydrogen (secondary N) is 2. The first-order valence-electron chi connectivity index (χ1n) is 8.12. The molecule has 0 bridgehead atoms. The maximum absolute atomic E-state index is 13.3. The molecule has 2 aliphatic rings. The van der Waals surface area contributed by atoms with Crippen LogP contribution in [0.1, 0.15) is 43.8 Å². The fourth-order valence-electron chi connectivity index (χ4n) is 3.74. The highest BCUT2D eigenvalue weighted by molar-refractivity contribution is 5.20. The molecule has 3 nitrogen and oxygen atoms in total. The zero-order chi connectivity index (χ0) is 14.7. The van der Waals surface area contributed by atoms with Gasteiger partial charge in [0.2, 0.25) is 0 Å². The van der Waals surface area contributed by atoms with Crippen molar-refractivity contribution in [3.05, 3.63) is 35.6 Å². The van der Waals surface area contributed by atoms with Gasteiger partial charge in [0.1, 0.15) is 5.82 Å². The van der Waals surface area contributed by atoms with Crippen LogP contribution in [0.3, 0.4) is 0 Å².